The van der Waals surface area contributed by atoms with Gasteiger partial charge in [0.05, 0.1) is 31.2 Å². The van der Waals surface area contributed by atoms with Gasteiger partial charge in [0.25, 0.3) is 11.8 Å². The zero-order valence-corrected chi connectivity index (χ0v) is 23.6. The summed E-state index contributed by atoms with van der Waals surface area (Å²) in [5, 5.41) is 18.0. The molecule has 4 aromatic rings. The van der Waals surface area contributed by atoms with E-state index >= 15 is 0 Å². The maximum absolute atomic E-state index is 13.4. The van der Waals surface area contributed by atoms with Crippen molar-refractivity contribution in [3.05, 3.63) is 107 Å². The van der Waals surface area contributed by atoms with Crippen molar-refractivity contribution >= 4 is 34.5 Å². The number of aliphatic hydroxyl groups is 1. The number of methoxy groups -OCH3 is 1. The third-order valence-corrected chi connectivity index (χ3v) is 7.35. The van der Waals surface area contributed by atoms with Crippen LogP contribution in [0.5, 0.6) is 5.75 Å². The second-order valence-corrected chi connectivity index (χ2v) is 10.2. The van der Waals surface area contributed by atoms with E-state index in [1.165, 1.54) is 0 Å². The van der Waals surface area contributed by atoms with Crippen molar-refractivity contribution in [2.75, 3.05) is 51.8 Å². The Hall–Kier alpha value is -4.57. The zero-order valence-electron chi connectivity index (χ0n) is 23.6. The molecule has 1 saturated heterocycles. The number of amides is 2. The number of piperazine rings is 1. The van der Waals surface area contributed by atoms with Crippen LogP contribution in [0, 0.1) is 0 Å². The summed E-state index contributed by atoms with van der Waals surface area (Å²) in [6.45, 7) is 5.26. The van der Waals surface area contributed by atoms with Crippen molar-refractivity contribution in [1.82, 2.24) is 15.2 Å². The molecule has 0 bridgehead atoms. The molecule has 216 valence electrons. The highest BCUT2D eigenvalue weighted by molar-refractivity contribution is 6.11. The lowest BCUT2D eigenvalue weighted by Crippen LogP contribution is -2.46. The van der Waals surface area contributed by atoms with Crippen molar-refractivity contribution < 1.29 is 19.4 Å². The van der Waals surface area contributed by atoms with Gasteiger partial charge in [-0.2, -0.15) is 5.10 Å². The predicted octanol–water partition coefficient (Wildman–Crippen LogP) is 3.97. The van der Waals surface area contributed by atoms with E-state index in [4.69, 9.17) is 4.74 Å². The van der Waals surface area contributed by atoms with Gasteiger partial charge >= 0.3 is 0 Å². The highest BCUT2D eigenvalue weighted by atomic mass is 16.5. The van der Waals surface area contributed by atoms with Gasteiger partial charge in [-0.25, -0.2) is 5.43 Å². The minimum absolute atomic E-state index is 0.175. The quantitative estimate of drug-likeness (QED) is 0.199. The van der Waals surface area contributed by atoms with E-state index < -0.39 is 5.91 Å². The number of anilines is 1. The van der Waals surface area contributed by atoms with Gasteiger partial charge in [0, 0.05) is 44.8 Å². The molecule has 5 rings (SSSR count). The first-order valence-electron chi connectivity index (χ1n) is 14.0. The monoisotopic (exact) mass is 565 g/mol. The van der Waals surface area contributed by atoms with Crippen LogP contribution in [0.1, 0.15) is 31.8 Å². The van der Waals surface area contributed by atoms with Crippen molar-refractivity contribution in [2.45, 2.75) is 6.54 Å². The summed E-state index contributed by atoms with van der Waals surface area (Å²) in [5.41, 5.74) is 5.66. The van der Waals surface area contributed by atoms with Crippen molar-refractivity contribution in [1.29, 1.82) is 0 Å². The molecule has 0 atom stereocenters. The fourth-order valence-electron chi connectivity index (χ4n) is 5.02. The number of aliphatic hydroxyl groups excluding tert-OH is 1. The summed E-state index contributed by atoms with van der Waals surface area (Å²) in [6, 6.07) is 26.1. The number of β-amino-alcohol motifs (C(OH)–C–C–N with tert-alkyl or cyclic N) is 1. The highest BCUT2D eigenvalue weighted by Crippen LogP contribution is 2.25. The van der Waals surface area contributed by atoms with E-state index in [1.54, 1.807) is 25.5 Å². The standard InChI is InChI=1S/C33H35N5O4/c1-42-29-11-9-24(10-12-29)22-34-36-33(41)30-20-26-6-2-3-7-27(26)21-31(30)35-32(40)28-8-4-5-25(19-28)23-38-15-13-37(14-16-38)17-18-39/h2-12,19-22,39H,13-18,23H2,1H3,(H,35,40)(H,36,41)/b34-22+. The average Bonchev–Trinajstić information content (AvgIpc) is 3.02. The fourth-order valence-corrected chi connectivity index (χ4v) is 5.02. The van der Waals surface area contributed by atoms with E-state index in [9.17, 15) is 14.7 Å². The Labute approximate surface area is 245 Å². The third-order valence-electron chi connectivity index (χ3n) is 7.35. The second kappa shape index (κ2) is 13.9. The molecule has 42 heavy (non-hydrogen) atoms. The molecule has 0 spiro atoms. The van der Waals surface area contributed by atoms with Crippen LogP contribution in [-0.2, 0) is 6.54 Å². The van der Waals surface area contributed by atoms with Gasteiger partial charge in [-0.15, -0.1) is 0 Å². The summed E-state index contributed by atoms with van der Waals surface area (Å²) in [7, 11) is 1.60. The van der Waals surface area contributed by atoms with Crippen LogP contribution in [0.25, 0.3) is 10.8 Å². The maximum Gasteiger partial charge on any atom is 0.273 e. The van der Waals surface area contributed by atoms with Crippen LogP contribution in [0.2, 0.25) is 0 Å². The van der Waals surface area contributed by atoms with Crippen molar-refractivity contribution in [2.24, 2.45) is 5.10 Å². The molecule has 3 N–H and O–H groups in total. The summed E-state index contributed by atoms with van der Waals surface area (Å²) in [5.74, 6) is 0.000865. The molecule has 0 aliphatic carbocycles. The number of nitrogens with zero attached hydrogens (tertiary/aromatic N) is 3. The van der Waals surface area contributed by atoms with E-state index in [-0.39, 0.29) is 12.5 Å². The minimum atomic E-state index is -0.435. The molecule has 0 aromatic heterocycles. The number of ether oxygens (including phenoxy) is 1. The number of hydrogen-bond donors (Lipinski definition) is 3. The van der Waals surface area contributed by atoms with Crippen molar-refractivity contribution in [3.8, 4) is 5.75 Å². The van der Waals surface area contributed by atoms with Crippen LogP contribution in [0.4, 0.5) is 5.69 Å². The summed E-state index contributed by atoms with van der Waals surface area (Å²) in [6.07, 6.45) is 1.55. The largest absolute Gasteiger partial charge is 0.497 e. The second-order valence-electron chi connectivity index (χ2n) is 10.2. The molecule has 2 amide bonds. The Morgan fingerprint density at radius 3 is 2.31 bits per heavy atom. The number of hydrogen-bond acceptors (Lipinski definition) is 7. The normalized spacial score (nSPS) is 14.2. The predicted molar refractivity (Wildman–Crippen MR) is 165 cm³/mol. The van der Waals surface area contributed by atoms with Crippen LogP contribution < -0.4 is 15.5 Å². The SMILES string of the molecule is COc1ccc(/C=N/NC(=O)c2cc3ccccc3cc2NC(=O)c2cccc(CN3CCN(CCO)CC3)c2)cc1. The molecule has 0 unspecified atom stereocenters. The Morgan fingerprint density at radius 1 is 0.881 bits per heavy atom. The van der Waals surface area contributed by atoms with Gasteiger partial charge in [-0.05, 0) is 70.4 Å². The van der Waals surface area contributed by atoms with E-state index in [0.29, 0.717) is 23.4 Å². The smallest absolute Gasteiger partial charge is 0.273 e. The zero-order chi connectivity index (χ0) is 29.3. The molecule has 1 aliphatic rings. The Kier molecular flexibility index (Phi) is 9.55. The molecule has 0 radical (unpaired) electrons. The number of carbonyl (C=O) groups is 2. The first-order valence-corrected chi connectivity index (χ1v) is 14.0. The molecule has 1 fully saturated rings. The average molecular weight is 566 g/mol. The number of nitrogens with one attached hydrogen (secondary N) is 2. The van der Waals surface area contributed by atoms with Gasteiger partial charge in [-0.1, -0.05) is 36.4 Å². The summed E-state index contributed by atoms with van der Waals surface area (Å²) in [4.78, 5) is 31.2. The molecule has 9 heteroatoms. The first-order chi connectivity index (χ1) is 20.5. The Bertz CT molecular complexity index is 1560. The molecule has 0 saturated carbocycles. The van der Waals surface area contributed by atoms with Crippen LogP contribution in [-0.4, -0.2) is 79.4 Å². The highest BCUT2D eigenvalue weighted by Gasteiger charge is 2.18. The number of benzene rings is 4. The van der Waals surface area contributed by atoms with Crippen LogP contribution in [0.15, 0.2) is 90.0 Å². The van der Waals surface area contributed by atoms with Crippen LogP contribution in [0.3, 0.4) is 0 Å². The summed E-state index contributed by atoms with van der Waals surface area (Å²) >= 11 is 0. The van der Waals surface area contributed by atoms with E-state index in [0.717, 1.165) is 60.4 Å². The maximum atomic E-state index is 13.4. The molecular weight excluding hydrogens is 530 g/mol. The van der Waals surface area contributed by atoms with Gasteiger partial charge in [0.2, 0.25) is 0 Å². The lowest BCUT2D eigenvalue weighted by molar-refractivity contribution is 0.0956. The minimum Gasteiger partial charge on any atom is -0.497 e. The number of fused-ring (bicyclic) bond motifs is 1. The fraction of sp³-hybridized carbons (Fsp3) is 0.242. The molecule has 1 heterocycles. The van der Waals surface area contributed by atoms with Gasteiger partial charge in [-0.3, -0.25) is 19.4 Å². The van der Waals surface area contributed by atoms with E-state index in [1.807, 2.05) is 72.8 Å². The molecular formula is C33H35N5O4. The van der Waals surface area contributed by atoms with Gasteiger partial charge in [0.1, 0.15) is 5.75 Å². The Morgan fingerprint density at radius 2 is 1.60 bits per heavy atom. The molecule has 1 aliphatic heterocycles. The lowest BCUT2D eigenvalue weighted by atomic mass is 10.0. The number of hydrazone groups is 1. The summed E-state index contributed by atoms with van der Waals surface area (Å²) < 4.78 is 5.17. The number of carbonyl (C=O) groups excluding carboxylic acids is 2. The molecule has 9 nitrogen and oxygen atoms in total. The topological polar surface area (TPSA) is 106 Å². The molecule has 4 aromatic carbocycles. The third kappa shape index (κ3) is 7.38. The van der Waals surface area contributed by atoms with Crippen LogP contribution >= 0.6 is 0 Å². The first kappa shape index (κ1) is 28.9. The van der Waals surface area contributed by atoms with Crippen molar-refractivity contribution in [3.63, 3.8) is 0 Å². The Balaban J connectivity index is 1.30. The lowest BCUT2D eigenvalue weighted by Gasteiger charge is -2.34. The van der Waals surface area contributed by atoms with Gasteiger partial charge < -0.3 is 15.2 Å². The van der Waals surface area contributed by atoms with Gasteiger partial charge in [0.15, 0.2) is 0 Å². The number of rotatable bonds is 10. The van der Waals surface area contributed by atoms with E-state index in [2.05, 4.69) is 25.6 Å².